The normalized spacial score (nSPS) is 12.6. The minimum Gasteiger partial charge on any atom is -0.368 e. The number of carbonyl (C=O) groups excluding carboxylic acids is 1. The number of primary amides is 1. The van der Waals surface area contributed by atoms with Crippen LogP contribution in [0.25, 0.3) is 10.2 Å². The summed E-state index contributed by atoms with van der Waals surface area (Å²) < 4.78 is 0.741. The molecule has 0 aliphatic carbocycles. The van der Waals surface area contributed by atoms with Gasteiger partial charge in [-0.05, 0) is 18.9 Å². The van der Waals surface area contributed by atoms with Gasteiger partial charge in [-0.15, -0.1) is 11.3 Å². The van der Waals surface area contributed by atoms with Crippen LogP contribution in [0.3, 0.4) is 0 Å². The molecule has 1 unspecified atom stereocenters. The van der Waals surface area contributed by atoms with Gasteiger partial charge in [0.2, 0.25) is 5.91 Å². The zero-order valence-corrected chi connectivity index (χ0v) is 12.7. The molecular formula is C13H16N4O3S. The third-order valence-corrected chi connectivity index (χ3v) is 4.03. The minimum atomic E-state index is -0.680. The van der Waals surface area contributed by atoms with Crippen molar-refractivity contribution in [3.05, 3.63) is 27.3 Å². The molecule has 2 aromatic rings. The summed E-state index contributed by atoms with van der Waals surface area (Å²) in [5.41, 5.74) is 6.18. The number of nitro benzene ring substituents is 1. The minimum absolute atomic E-state index is 0.0851. The highest BCUT2D eigenvalue weighted by Gasteiger charge is 2.24. The fourth-order valence-corrected chi connectivity index (χ4v) is 2.92. The smallest absolute Gasteiger partial charge is 0.293 e. The summed E-state index contributed by atoms with van der Waals surface area (Å²) in [6.45, 7) is 5.48. The van der Waals surface area contributed by atoms with Gasteiger partial charge in [-0.3, -0.25) is 14.9 Å². The Hall–Kier alpha value is -2.22. The molecule has 0 aliphatic heterocycles. The molecule has 0 bridgehead atoms. The Morgan fingerprint density at radius 2 is 2.14 bits per heavy atom. The third-order valence-electron chi connectivity index (χ3n) is 3.09. The van der Waals surface area contributed by atoms with Crippen molar-refractivity contribution >= 4 is 38.8 Å². The highest BCUT2D eigenvalue weighted by atomic mass is 32.1. The van der Waals surface area contributed by atoms with Crippen LogP contribution in [0.15, 0.2) is 12.1 Å². The van der Waals surface area contributed by atoms with E-state index in [1.807, 2.05) is 20.8 Å². The highest BCUT2D eigenvalue weighted by Crippen LogP contribution is 2.33. The second kappa shape index (κ2) is 5.65. The van der Waals surface area contributed by atoms with E-state index in [1.165, 1.54) is 17.4 Å². The molecule has 112 valence electrons. The van der Waals surface area contributed by atoms with Crippen molar-refractivity contribution in [2.75, 3.05) is 5.32 Å². The summed E-state index contributed by atoms with van der Waals surface area (Å²) in [5, 5.41) is 14.9. The molecule has 1 aromatic carbocycles. The lowest BCUT2D eigenvalue weighted by Gasteiger charge is -2.20. The third kappa shape index (κ3) is 3.10. The lowest BCUT2D eigenvalue weighted by Crippen LogP contribution is -2.39. The number of carbonyl (C=O) groups is 1. The summed E-state index contributed by atoms with van der Waals surface area (Å²) in [4.78, 5) is 26.5. The number of nitrogens with zero attached hydrogens (tertiary/aromatic N) is 2. The fourth-order valence-electron chi connectivity index (χ4n) is 2.08. The number of nitrogens with two attached hydrogens (primary N) is 1. The number of thiazole rings is 1. The first-order valence-electron chi connectivity index (χ1n) is 6.41. The van der Waals surface area contributed by atoms with Gasteiger partial charge >= 0.3 is 0 Å². The number of nitro groups is 1. The number of hydrogen-bond acceptors (Lipinski definition) is 6. The van der Waals surface area contributed by atoms with Crippen molar-refractivity contribution in [2.24, 2.45) is 11.7 Å². The molecule has 1 amide bonds. The Balaban J connectivity index is 2.52. The van der Waals surface area contributed by atoms with E-state index in [0.29, 0.717) is 5.52 Å². The van der Waals surface area contributed by atoms with Crippen LogP contribution in [0.4, 0.5) is 11.4 Å². The number of aryl methyl sites for hydroxylation is 1. The first-order valence-corrected chi connectivity index (χ1v) is 7.22. The number of fused-ring (bicyclic) bond motifs is 1. The summed E-state index contributed by atoms with van der Waals surface area (Å²) in [5.74, 6) is -0.635. The summed E-state index contributed by atoms with van der Waals surface area (Å²) in [7, 11) is 0. The van der Waals surface area contributed by atoms with Gasteiger partial charge < -0.3 is 11.1 Å². The summed E-state index contributed by atoms with van der Waals surface area (Å²) in [6.07, 6.45) is 0. The van der Waals surface area contributed by atoms with Gasteiger partial charge in [0, 0.05) is 6.07 Å². The SMILES string of the molecule is Cc1nc2cc(NC(C(N)=O)C(C)C)c([N+](=O)[O-])cc2s1. The largest absolute Gasteiger partial charge is 0.368 e. The summed E-state index contributed by atoms with van der Waals surface area (Å²) >= 11 is 1.39. The quantitative estimate of drug-likeness (QED) is 0.651. The molecule has 1 atom stereocenters. The summed E-state index contributed by atoms with van der Waals surface area (Å²) in [6, 6.07) is 2.39. The molecule has 0 spiro atoms. The number of rotatable bonds is 5. The van der Waals surface area contributed by atoms with Crippen molar-refractivity contribution in [3.63, 3.8) is 0 Å². The molecular weight excluding hydrogens is 292 g/mol. The lowest BCUT2D eigenvalue weighted by atomic mass is 10.0. The maximum atomic E-state index is 11.5. The number of hydrogen-bond donors (Lipinski definition) is 2. The van der Waals surface area contributed by atoms with Crippen LogP contribution in [0.1, 0.15) is 18.9 Å². The van der Waals surface area contributed by atoms with Crippen LogP contribution in [0.2, 0.25) is 0 Å². The highest BCUT2D eigenvalue weighted by molar-refractivity contribution is 7.18. The van der Waals surface area contributed by atoms with Crippen LogP contribution in [-0.4, -0.2) is 21.9 Å². The topological polar surface area (TPSA) is 111 Å². The van der Waals surface area contributed by atoms with E-state index >= 15 is 0 Å². The predicted molar refractivity (Wildman–Crippen MR) is 82.5 cm³/mol. The zero-order chi connectivity index (χ0) is 15.7. The standard InChI is InChI=1S/C13H16N4O3S/c1-6(2)12(13(14)18)16-8-4-9-11(21-7(3)15-9)5-10(8)17(19)20/h4-6,12,16H,1-3H3,(H2,14,18). The number of amides is 1. The van der Waals surface area contributed by atoms with Gasteiger partial charge in [0.05, 0.1) is 20.1 Å². The van der Waals surface area contributed by atoms with Crippen molar-refractivity contribution in [2.45, 2.75) is 26.8 Å². The average molecular weight is 308 g/mol. The molecule has 2 rings (SSSR count). The number of benzene rings is 1. The van der Waals surface area contributed by atoms with E-state index in [2.05, 4.69) is 10.3 Å². The average Bonchev–Trinajstić information content (AvgIpc) is 2.72. The van der Waals surface area contributed by atoms with E-state index in [-0.39, 0.29) is 17.3 Å². The maximum Gasteiger partial charge on any atom is 0.293 e. The molecule has 3 N–H and O–H groups in total. The molecule has 0 saturated carbocycles. The van der Waals surface area contributed by atoms with Gasteiger partial charge in [0.1, 0.15) is 11.7 Å². The second-order valence-corrected chi connectivity index (χ2v) is 6.33. The van der Waals surface area contributed by atoms with Gasteiger partial charge in [0.25, 0.3) is 5.69 Å². The van der Waals surface area contributed by atoms with Crippen molar-refractivity contribution < 1.29 is 9.72 Å². The van der Waals surface area contributed by atoms with Crippen LogP contribution in [-0.2, 0) is 4.79 Å². The molecule has 0 aliphatic rings. The molecule has 8 heteroatoms. The Morgan fingerprint density at radius 1 is 1.48 bits per heavy atom. The number of aromatic nitrogens is 1. The van der Waals surface area contributed by atoms with E-state index in [9.17, 15) is 14.9 Å². The molecule has 0 radical (unpaired) electrons. The lowest BCUT2D eigenvalue weighted by molar-refractivity contribution is -0.383. The molecule has 7 nitrogen and oxygen atoms in total. The van der Waals surface area contributed by atoms with E-state index in [4.69, 9.17) is 5.73 Å². The molecule has 0 fully saturated rings. The Kier molecular flexibility index (Phi) is 4.08. The Bertz CT molecular complexity index is 711. The number of anilines is 1. The van der Waals surface area contributed by atoms with Gasteiger partial charge in [-0.2, -0.15) is 0 Å². The van der Waals surface area contributed by atoms with Crippen molar-refractivity contribution in [1.29, 1.82) is 0 Å². The van der Waals surface area contributed by atoms with E-state index < -0.39 is 16.9 Å². The monoisotopic (exact) mass is 308 g/mol. The molecule has 1 aromatic heterocycles. The van der Waals surface area contributed by atoms with Gasteiger partial charge in [-0.1, -0.05) is 13.8 Å². The zero-order valence-electron chi connectivity index (χ0n) is 11.9. The van der Waals surface area contributed by atoms with E-state index in [1.54, 1.807) is 6.07 Å². The van der Waals surface area contributed by atoms with Crippen molar-refractivity contribution in [1.82, 2.24) is 4.98 Å². The first kappa shape index (κ1) is 15.2. The van der Waals surface area contributed by atoms with Crippen LogP contribution < -0.4 is 11.1 Å². The van der Waals surface area contributed by atoms with Crippen LogP contribution in [0, 0.1) is 23.0 Å². The molecule has 21 heavy (non-hydrogen) atoms. The maximum absolute atomic E-state index is 11.5. The fraction of sp³-hybridized carbons (Fsp3) is 0.385. The van der Waals surface area contributed by atoms with Gasteiger partial charge in [-0.25, -0.2) is 4.98 Å². The predicted octanol–water partition coefficient (Wildman–Crippen LogP) is 2.43. The Morgan fingerprint density at radius 3 is 2.67 bits per heavy atom. The Labute approximate surface area is 125 Å². The van der Waals surface area contributed by atoms with Gasteiger partial charge in [0.15, 0.2) is 0 Å². The van der Waals surface area contributed by atoms with Crippen molar-refractivity contribution in [3.8, 4) is 0 Å². The van der Waals surface area contributed by atoms with Crippen LogP contribution >= 0.6 is 11.3 Å². The molecule has 1 heterocycles. The van der Waals surface area contributed by atoms with E-state index in [0.717, 1.165) is 9.71 Å². The van der Waals surface area contributed by atoms with Crippen LogP contribution in [0.5, 0.6) is 0 Å². The first-order chi connectivity index (χ1) is 9.79. The number of nitrogens with one attached hydrogen (secondary N) is 1. The molecule has 0 saturated heterocycles. The second-order valence-electron chi connectivity index (χ2n) is 5.10.